The summed E-state index contributed by atoms with van der Waals surface area (Å²) in [5.41, 5.74) is 0. The lowest BCUT2D eigenvalue weighted by Crippen LogP contribution is -2.37. The monoisotopic (exact) mass is 228 g/mol. The van der Waals surface area contributed by atoms with Crippen LogP contribution in [0.5, 0.6) is 0 Å². The summed E-state index contributed by atoms with van der Waals surface area (Å²) >= 11 is 5.63. The van der Waals surface area contributed by atoms with Gasteiger partial charge in [-0.05, 0) is 6.92 Å². The van der Waals surface area contributed by atoms with Crippen LogP contribution in [0, 0.1) is 0 Å². The van der Waals surface area contributed by atoms with Gasteiger partial charge in [0.1, 0.15) is 6.04 Å². The van der Waals surface area contributed by atoms with E-state index in [-0.39, 0.29) is 11.9 Å². The summed E-state index contributed by atoms with van der Waals surface area (Å²) in [4.78, 5) is 20.9. The Labute approximate surface area is 93.5 Å². The summed E-state index contributed by atoms with van der Waals surface area (Å²) in [5, 5.41) is 3.34. The zero-order valence-corrected chi connectivity index (χ0v) is 9.62. The Morgan fingerprint density at radius 2 is 2.00 bits per heavy atom. The van der Waals surface area contributed by atoms with Gasteiger partial charge in [0.2, 0.25) is 11.9 Å². The largest absolute Gasteiger partial charge is 0.347 e. The maximum atomic E-state index is 11.5. The van der Waals surface area contributed by atoms with Crippen LogP contribution < -0.4 is 5.32 Å². The quantitative estimate of drug-likeness (QED) is 0.839. The Balaban J connectivity index is 2.62. The number of halogens is 1. The van der Waals surface area contributed by atoms with Crippen molar-refractivity contribution in [2.45, 2.75) is 13.0 Å². The number of carbonyl (C=O) groups is 1. The fourth-order valence-electron chi connectivity index (χ4n) is 1.03. The molecule has 0 aliphatic rings. The maximum Gasteiger partial charge on any atom is 0.244 e. The molecule has 6 heteroatoms. The van der Waals surface area contributed by atoms with E-state index in [0.717, 1.165) is 0 Å². The Morgan fingerprint density at radius 3 is 2.47 bits per heavy atom. The predicted molar refractivity (Wildman–Crippen MR) is 58.8 cm³/mol. The standard InChI is InChI=1S/C9H13ClN4O/c1-6(8(15)14(2)3)13-9-11-4-7(10)5-12-9/h4-6H,1-3H3,(H,11,12,13). The second-order valence-electron chi connectivity index (χ2n) is 3.32. The van der Waals surface area contributed by atoms with Gasteiger partial charge < -0.3 is 10.2 Å². The van der Waals surface area contributed by atoms with Crippen molar-refractivity contribution in [3.8, 4) is 0 Å². The molecule has 1 aromatic rings. The Kier molecular flexibility index (Phi) is 3.85. The number of hydrogen-bond acceptors (Lipinski definition) is 4. The molecule has 15 heavy (non-hydrogen) atoms. The third-order valence-corrected chi connectivity index (χ3v) is 1.97. The molecule has 1 unspecified atom stereocenters. The van der Waals surface area contributed by atoms with E-state index in [0.29, 0.717) is 11.0 Å². The number of nitrogens with zero attached hydrogens (tertiary/aromatic N) is 3. The average molecular weight is 229 g/mol. The van der Waals surface area contributed by atoms with E-state index in [1.165, 1.54) is 17.3 Å². The van der Waals surface area contributed by atoms with E-state index in [1.54, 1.807) is 21.0 Å². The summed E-state index contributed by atoms with van der Waals surface area (Å²) in [6.07, 6.45) is 2.95. The van der Waals surface area contributed by atoms with Gasteiger partial charge in [-0.25, -0.2) is 9.97 Å². The molecular weight excluding hydrogens is 216 g/mol. The summed E-state index contributed by atoms with van der Waals surface area (Å²) in [6.45, 7) is 1.75. The number of rotatable bonds is 3. The molecule has 0 aliphatic heterocycles. The second kappa shape index (κ2) is 4.93. The molecule has 1 atom stereocenters. The van der Waals surface area contributed by atoms with Crippen LogP contribution in [0.2, 0.25) is 5.02 Å². The highest BCUT2D eigenvalue weighted by Gasteiger charge is 2.14. The maximum absolute atomic E-state index is 11.5. The van der Waals surface area contributed by atoms with Gasteiger partial charge in [0.05, 0.1) is 17.4 Å². The highest BCUT2D eigenvalue weighted by molar-refractivity contribution is 6.30. The lowest BCUT2D eigenvalue weighted by molar-refractivity contribution is -0.129. The molecule has 0 aliphatic carbocycles. The van der Waals surface area contributed by atoms with Crippen LogP contribution in [-0.2, 0) is 4.79 Å². The summed E-state index contributed by atoms with van der Waals surface area (Å²) in [5.74, 6) is 0.357. The fraction of sp³-hybridized carbons (Fsp3) is 0.444. The van der Waals surface area contributed by atoms with E-state index >= 15 is 0 Å². The highest BCUT2D eigenvalue weighted by atomic mass is 35.5. The zero-order valence-electron chi connectivity index (χ0n) is 8.86. The minimum Gasteiger partial charge on any atom is -0.347 e. The van der Waals surface area contributed by atoms with Crippen molar-refractivity contribution in [3.63, 3.8) is 0 Å². The predicted octanol–water partition coefficient (Wildman–Crippen LogP) is 1.02. The van der Waals surface area contributed by atoms with Crippen molar-refractivity contribution in [1.29, 1.82) is 0 Å². The van der Waals surface area contributed by atoms with Crippen LogP contribution in [0.4, 0.5) is 5.95 Å². The SMILES string of the molecule is CC(Nc1ncc(Cl)cn1)C(=O)N(C)C. The number of likely N-dealkylation sites (N-methyl/N-ethyl adjacent to an activating group) is 1. The first-order valence-electron chi connectivity index (χ1n) is 4.46. The molecule has 1 aromatic heterocycles. The number of amides is 1. The number of hydrogen-bond donors (Lipinski definition) is 1. The third-order valence-electron chi connectivity index (χ3n) is 1.78. The van der Waals surface area contributed by atoms with Gasteiger partial charge in [0, 0.05) is 14.1 Å². The fourth-order valence-corrected chi connectivity index (χ4v) is 1.13. The summed E-state index contributed by atoms with van der Waals surface area (Å²) in [7, 11) is 3.40. The molecule has 0 spiro atoms. The molecule has 0 radical (unpaired) electrons. The molecule has 0 saturated carbocycles. The van der Waals surface area contributed by atoms with Gasteiger partial charge in [-0.2, -0.15) is 0 Å². The molecular formula is C9H13ClN4O. The first kappa shape index (κ1) is 11.7. The van der Waals surface area contributed by atoms with Crippen molar-refractivity contribution in [2.24, 2.45) is 0 Å². The van der Waals surface area contributed by atoms with Gasteiger partial charge in [-0.3, -0.25) is 4.79 Å². The average Bonchev–Trinajstić information content (AvgIpc) is 2.20. The molecule has 1 amide bonds. The summed E-state index contributed by atoms with van der Waals surface area (Å²) in [6, 6.07) is -0.360. The molecule has 0 aromatic carbocycles. The van der Waals surface area contributed by atoms with Crippen LogP contribution >= 0.6 is 11.6 Å². The van der Waals surface area contributed by atoms with Crippen LogP contribution in [0.15, 0.2) is 12.4 Å². The Morgan fingerprint density at radius 1 is 1.47 bits per heavy atom. The van der Waals surface area contributed by atoms with Crippen LogP contribution in [-0.4, -0.2) is 40.9 Å². The van der Waals surface area contributed by atoms with Gasteiger partial charge >= 0.3 is 0 Å². The molecule has 1 heterocycles. The minimum absolute atomic E-state index is 0.0337. The van der Waals surface area contributed by atoms with Gasteiger partial charge in [-0.15, -0.1) is 0 Å². The van der Waals surface area contributed by atoms with Crippen molar-refractivity contribution >= 4 is 23.5 Å². The molecule has 1 N–H and O–H groups in total. The second-order valence-corrected chi connectivity index (χ2v) is 3.76. The number of nitrogens with one attached hydrogen (secondary N) is 1. The van der Waals surface area contributed by atoms with Gasteiger partial charge in [0.15, 0.2) is 0 Å². The molecule has 5 nitrogen and oxygen atoms in total. The number of carbonyl (C=O) groups excluding carboxylic acids is 1. The van der Waals surface area contributed by atoms with Crippen LogP contribution in [0.3, 0.4) is 0 Å². The van der Waals surface area contributed by atoms with Crippen LogP contribution in [0.1, 0.15) is 6.92 Å². The summed E-state index contributed by atoms with van der Waals surface area (Å²) < 4.78 is 0. The first-order chi connectivity index (χ1) is 7.00. The minimum atomic E-state index is -0.360. The van der Waals surface area contributed by atoms with E-state index in [4.69, 9.17) is 11.6 Å². The first-order valence-corrected chi connectivity index (χ1v) is 4.83. The normalized spacial score (nSPS) is 12.0. The van der Waals surface area contributed by atoms with E-state index < -0.39 is 0 Å². The zero-order chi connectivity index (χ0) is 11.4. The van der Waals surface area contributed by atoms with Crippen molar-refractivity contribution in [3.05, 3.63) is 17.4 Å². The molecule has 0 fully saturated rings. The molecule has 82 valence electrons. The van der Waals surface area contributed by atoms with Gasteiger partial charge in [0.25, 0.3) is 0 Å². The Hall–Kier alpha value is -1.36. The van der Waals surface area contributed by atoms with Gasteiger partial charge in [-0.1, -0.05) is 11.6 Å². The van der Waals surface area contributed by atoms with E-state index in [1.807, 2.05) is 0 Å². The van der Waals surface area contributed by atoms with Crippen LogP contribution in [0.25, 0.3) is 0 Å². The molecule has 0 saturated heterocycles. The highest BCUT2D eigenvalue weighted by Crippen LogP contribution is 2.06. The smallest absolute Gasteiger partial charge is 0.244 e. The topological polar surface area (TPSA) is 58.1 Å². The third kappa shape index (κ3) is 3.36. The van der Waals surface area contributed by atoms with E-state index in [9.17, 15) is 4.79 Å². The number of aromatic nitrogens is 2. The van der Waals surface area contributed by atoms with E-state index in [2.05, 4.69) is 15.3 Å². The lowest BCUT2D eigenvalue weighted by Gasteiger charge is -2.17. The number of anilines is 1. The van der Waals surface area contributed by atoms with Crippen molar-refractivity contribution in [1.82, 2.24) is 14.9 Å². The Bertz CT molecular complexity index is 338. The molecule has 0 bridgehead atoms. The molecule has 1 rings (SSSR count). The van der Waals surface area contributed by atoms with Crippen molar-refractivity contribution < 1.29 is 4.79 Å². The lowest BCUT2D eigenvalue weighted by atomic mass is 10.3. The van der Waals surface area contributed by atoms with Crippen molar-refractivity contribution in [2.75, 3.05) is 19.4 Å².